The molecule has 0 spiro atoms. The Balaban J connectivity index is 3.09. The van der Waals surface area contributed by atoms with E-state index >= 15 is 0 Å². The van der Waals surface area contributed by atoms with Crippen molar-refractivity contribution in [2.24, 2.45) is 0 Å². The van der Waals surface area contributed by atoms with E-state index in [4.69, 9.17) is 4.74 Å². The lowest BCUT2D eigenvalue weighted by Crippen LogP contribution is -2.00. The third-order valence-electron chi connectivity index (χ3n) is 1.49. The molecule has 0 aliphatic rings. The molecule has 0 unspecified atom stereocenters. The van der Waals surface area contributed by atoms with Crippen molar-refractivity contribution in [3.8, 4) is 5.75 Å². The normalized spacial score (nSPS) is 9.73. The van der Waals surface area contributed by atoms with Crippen LogP contribution < -0.4 is 4.74 Å². The van der Waals surface area contributed by atoms with Gasteiger partial charge >= 0.3 is 0 Å². The van der Waals surface area contributed by atoms with E-state index in [9.17, 15) is 14.9 Å². The number of hydrogen-bond donors (Lipinski definition) is 0. The SMILES string of the molecule is O=CCOc1c(Br)cc([N+](=O)[O-])cc1Br. The standard InChI is InChI=1S/C8H5Br2NO4/c9-6-3-5(11(13)14)4-7(10)8(6)15-2-1-12/h1,3-4H,2H2. The molecule has 0 fully saturated rings. The van der Waals surface area contributed by atoms with Crippen molar-refractivity contribution in [1.29, 1.82) is 0 Å². The van der Waals surface area contributed by atoms with E-state index in [1.165, 1.54) is 12.1 Å². The Kier molecular flexibility index (Phi) is 4.22. The molecule has 1 aromatic carbocycles. The smallest absolute Gasteiger partial charge is 0.271 e. The van der Waals surface area contributed by atoms with Crippen LogP contribution in [0.15, 0.2) is 21.1 Å². The van der Waals surface area contributed by atoms with Gasteiger partial charge in [0.25, 0.3) is 5.69 Å². The highest BCUT2D eigenvalue weighted by atomic mass is 79.9. The van der Waals surface area contributed by atoms with Crippen LogP contribution in [0, 0.1) is 10.1 Å². The molecule has 0 aromatic heterocycles. The molecule has 0 amide bonds. The third kappa shape index (κ3) is 3.00. The Morgan fingerprint density at radius 3 is 2.33 bits per heavy atom. The van der Waals surface area contributed by atoms with Crippen molar-refractivity contribution in [2.75, 3.05) is 6.61 Å². The predicted molar refractivity (Wildman–Crippen MR) is 60.1 cm³/mol. The summed E-state index contributed by atoms with van der Waals surface area (Å²) in [6.45, 7) is -0.102. The molecule has 0 atom stereocenters. The van der Waals surface area contributed by atoms with E-state index in [0.717, 1.165) is 0 Å². The minimum atomic E-state index is -0.515. The number of nitro groups is 1. The van der Waals surface area contributed by atoms with Crippen LogP contribution in [-0.2, 0) is 4.79 Å². The van der Waals surface area contributed by atoms with Gasteiger partial charge in [0.2, 0.25) is 0 Å². The number of aldehydes is 1. The Morgan fingerprint density at radius 1 is 1.40 bits per heavy atom. The largest absolute Gasteiger partial charge is 0.484 e. The van der Waals surface area contributed by atoms with Gasteiger partial charge < -0.3 is 4.74 Å². The summed E-state index contributed by atoms with van der Waals surface area (Å²) in [5.41, 5.74) is -0.0628. The molecule has 0 heterocycles. The molecule has 0 saturated carbocycles. The van der Waals surface area contributed by atoms with Gasteiger partial charge in [0.1, 0.15) is 12.4 Å². The van der Waals surface area contributed by atoms with Gasteiger partial charge in [-0.2, -0.15) is 0 Å². The van der Waals surface area contributed by atoms with E-state index in [1.807, 2.05) is 0 Å². The van der Waals surface area contributed by atoms with Crippen LogP contribution in [0.5, 0.6) is 5.75 Å². The Hall–Kier alpha value is -0.950. The highest BCUT2D eigenvalue weighted by molar-refractivity contribution is 9.11. The molecule has 0 aliphatic carbocycles. The lowest BCUT2D eigenvalue weighted by atomic mass is 10.3. The fourth-order valence-corrected chi connectivity index (χ4v) is 2.30. The maximum absolute atomic E-state index is 10.5. The van der Waals surface area contributed by atoms with E-state index in [-0.39, 0.29) is 12.3 Å². The summed E-state index contributed by atoms with van der Waals surface area (Å²) in [5.74, 6) is 0.368. The Morgan fingerprint density at radius 2 is 1.93 bits per heavy atom. The van der Waals surface area contributed by atoms with Crippen LogP contribution in [0.3, 0.4) is 0 Å². The maximum atomic E-state index is 10.5. The molecule has 1 aromatic rings. The average Bonchev–Trinajstić information content (AvgIpc) is 2.16. The lowest BCUT2D eigenvalue weighted by Gasteiger charge is -2.06. The molecule has 15 heavy (non-hydrogen) atoms. The van der Waals surface area contributed by atoms with Crippen LogP contribution in [0.2, 0.25) is 0 Å². The highest BCUT2D eigenvalue weighted by Gasteiger charge is 2.14. The molecule has 80 valence electrons. The predicted octanol–water partition coefficient (Wildman–Crippen LogP) is 2.70. The van der Waals surface area contributed by atoms with Gasteiger partial charge in [-0.3, -0.25) is 14.9 Å². The highest BCUT2D eigenvalue weighted by Crippen LogP contribution is 2.36. The zero-order valence-corrected chi connectivity index (χ0v) is 10.4. The summed E-state index contributed by atoms with van der Waals surface area (Å²) < 4.78 is 5.91. The van der Waals surface area contributed by atoms with Crippen molar-refractivity contribution in [1.82, 2.24) is 0 Å². The van der Waals surface area contributed by atoms with Crippen molar-refractivity contribution < 1.29 is 14.5 Å². The third-order valence-corrected chi connectivity index (χ3v) is 2.67. The molecule has 0 N–H and O–H groups in total. The minimum Gasteiger partial charge on any atom is -0.484 e. The first-order chi connectivity index (χ1) is 7.06. The summed E-state index contributed by atoms with van der Waals surface area (Å²) in [6.07, 6.45) is 0.598. The van der Waals surface area contributed by atoms with Gasteiger partial charge in [-0.05, 0) is 31.9 Å². The molecule has 0 bridgehead atoms. The number of rotatable bonds is 4. The van der Waals surface area contributed by atoms with Gasteiger partial charge in [0.15, 0.2) is 6.29 Å². The van der Waals surface area contributed by atoms with Crippen LogP contribution in [0.25, 0.3) is 0 Å². The van der Waals surface area contributed by atoms with Crippen molar-refractivity contribution in [3.63, 3.8) is 0 Å². The van der Waals surface area contributed by atoms with Crippen LogP contribution >= 0.6 is 31.9 Å². The first kappa shape index (κ1) is 12.1. The zero-order chi connectivity index (χ0) is 11.4. The number of carbonyl (C=O) groups excluding carboxylic acids is 1. The second-order valence-electron chi connectivity index (χ2n) is 2.47. The number of non-ortho nitro benzene ring substituents is 1. The molecule has 0 radical (unpaired) electrons. The van der Waals surface area contributed by atoms with Gasteiger partial charge in [0, 0.05) is 12.1 Å². The van der Waals surface area contributed by atoms with Gasteiger partial charge in [0.05, 0.1) is 13.9 Å². The summed E-state index contributed by atoms with van der Waals surface area (Å²) in [5, 5.41) is 10.5. The van der Waals surface area contributed by atoms with E-state index in [0.29, 0.717) is 21.0 Å². The molecular weight excluding hydrogens is 334 g/mol. The second kappa shape index (κ2) is 5.22. The van der Waals surface area contributed by atoms with E-state index in [2.05, 4.69) is 31.9 Å². The van der Waals surface area contributed by atoms with Crippen LogP contribution in [0.4, 0.5) is 5.69 Å². The fraction of sp³-hybridized carbons (Fsp3) is 0.125. The summed E-state index contributed by atoms with van der Waals surface area (Å²) in [6, 6.07) is 2.62. The molecular formula is C8H5Br2NO4. The number of nitrogens with zero attached hydrogens (tertiary/aromatic N) is 1. The minimum absolute atomic E-state index is 0.0628. The first-order valence-electron chi connectivity index (χ1n) is 3.76. The Bertz CT molecular complexity index is 385. The van der Waals surface area contributed by atoms with Gasteiger partial charge in [-0.1, -0.05) is 0 Å². The number of hydrogen-bond acceptors (Lipinski definition) is 4. The first-order valence-corrected chi connectivity index (χ1v) is 5.34. The summed E-state index contributed by atoms with van der Waals surface area (Å²) in [4.78, 5) is 20.1. The van der Waals surface area contributed by atoms with E-state index in [1.54, 1.807) is 0 Å². The van der Waals surface area contributed by atoms with Crippen molar-refractivity contribution in [2.45, 2.75) is 0 Å². The number of benzene rings is 1. The van der Waals surface area contributed by atoms with Crippen LogP contribution in [-0.4, -0.2) is 17.8 Å². The molecule has 5 nitrogen and oxygen atoms in total. The van der Waals surface area contributed by atoms with Crippen LogP contribution in [0.1, 0.15) is 0 Å². The number of ether oxygens (including phenoxy) is 1. The molecule has 1 rings (SSSR count). The maximum Gasteiger partial charge on any atom is 0.271 e. The van der Waals surface area contributed by atoms with Gasteiger partial charge in [-0.15, -0.1) is 0 Å². The molecule has 0 aliphatic heterocycles. The zero-order valence-electron chi connectivity index (χ0n) is 7.28. The lowest BCUT2D eigenvalue weighted by molar-refractivity contribution is -0.385. The number of halogens is 2. The number of nitro benzene ring substituents is 1. The second-order valence-corrected chi connectivity index (χ2v) is 4.18. The summed E-state index contributed by atoms with van der Waals surface area (Å²) in [7, 11) is 0. The van der Waals surface area contributed by atoms with Crippen molar-refractivity contribution >= 4 is 43.8 Å². The number of carbonyl (C=O) groups is 1. The summed E-state index contributed by atoms with van der Waals surface area (Å²) >= 11 is 6.24. The average molecular weight is 339 g/mol. The fourth-order valence-electron chi connectivity index (χ4n) is 0.907. The monoisotopic (exact) mass is 337 g/mol. The molecule has 0 saturated heterocycles. The molecule has 7 heteroatoms. The Labute approximate surface area is 102 Å². The van der Waals surface area contributed by atoms with Crippen molar-refractivity contribution in [3.05, 3.63) is 31.2 Å². The van der Waals surface area contributed by atoms with E-state index < -0.39 is 4.92 Å². The quantitative estimate of drug-likeness (QED) is 0.481. The topological polar surface area (TPSA) is 69.4 Å². The van der Waals surface area contributed by atoms with Gasteiger partial charge in [-0.25, -0.2) is 0 Å².